The van der Waals surface area contributed by atoms with E-state index in [0.717, 1.165) is 9.88 Å². The van der Waals surface area contributed by atoms with E-state index in [1.165, 1.54) is 51.8 Å². The number of ketones is 1. The Hall–Kier alpha value is -2.84. The zero-order chi connectivity index (χ0) is 20.7. The number of amides is 1. The Morgan fingerprint density at radius 1 is 1.24 bits per heavy atom. The zero-order valence-corrected chi connectivity index (χ0v) is 17.3. The molecule has 3 aromatic rings. The van der Waals surface area contributed by atoms with E-state index in [4.69, 9.17) is 0 Å². The molecule has 1 N–H and O–H groups in total. The molecule has 1 amide bonds. The summed E-state index contributed by atoms with van der Waals surface area (Å²) in [5, 5.41) is 13.3. The number of nitrogens with zero attached hydrogens (tertiary/aromatic N) is 2. The smallest absolute Gasteiger partial charge is 0.290 e. The molecule has 1 aliphatic rings. The van der Waals surface area contributed by atoms with Crippen LogP contribution in [0.3, 0.4) is 0 Å². The number of thiophene rings is 1. The second-order valence-corrected chi connectivity index (χ2v) is 8.94. The van der Waals surface area contributed by atoms with Crippen LogP contribution >= 0.6 is 22.7 Å². The summed E-state index contributed by atoms with van der Waals surface area (Å²) in [5.74, 6) is -2.03. The first-order chi connectivity index (χ1) is 13.9. The van der Waals surface area contributed by atoms with Crippen LogP contribution in [-0.2, 0) is 11.3 Å². The van der Waals surface area contributed by atoms with Crippen LogP contribution in [0.15, 0.2) is 53.1 Å². The van der Waals surface area contributed by atoms with E-state index in [2.05, 4.69) is 4.98 Å². The van der Waals surface area contributed by atoms with Crippen LogP contribution in [0.2, 0.25) is 0 Å². The Bertz CT molecular complexity index is 1120. The first-order valence-corrected chi connectivity index (χ1v) is 10.6. The van der Waals surface area contributed by atoms with E-state index >= 15 is 0 Å². The van der Waals surface area contributed by atoms with Gasteiger partial charge >= 0.3 is 0 Å². The highest BCUT2D eigenvalue weighted by Crippen LogP contribution is 2.41. The van der Waals surface area contributed by atoms with Crippen molar-refractivity contribution in [1.29, 1.82) is 0 Å². The van der Waals surface area contributed by atoms with Gasteiger partial charge in [-0.15, -0.1) is 22.7 Å². The summed E-state index contributed by atoms with van der Waals surface area (Å²) in [6.45, 7) is 3.75. The average Bonchev–Trinajstić information content (AvgIpc) is 3.38. The molecule has 4 rings (SSSR count). The zero-order valence-electron chi connectivity index (χ0n) is 15.7. The summed E-state index contributed by atoms with van der Waals surface area (Å²) in [6.07, 6.45) is 0. The summed E-state index contributed by atoms with van der Waals surface area (Å²) >= 11 is 2.70. The molecule has 0 aliphatic carbocycles. The standard InChI is InChI=1S/C21H17FN2O3S2/c1-11-20(29-12(2)23-11)18(25)16-17(13-5-7-14(22)8-6-13)24(21(27)19(16)26)10-15-4-3-9-28-15/h3-9,17,26H,10H2,1-2H3. The molecule has 148 valence electrons. The fourth-order valence-electron chi connectivity index (χ4n) is 3.48. The van der Waals surface area contributed by atoms with Gasteiger partial charge in [0.05, 0.1) is 33.7 Å². The summed E-state index contributed by atoms with van der Waals surface area (Å²) in [7, 11) is 0. The predicted octanol–water partition coefficient (Wildman–Crippen LogP) is 4.74. The van der Waals surface area contributed by atoms with Crippen LogP contribution in [0.4, 0.5) is 4.39 Å². The molecule has 0 bridgehead atoms. The van der Waals surface area contributed by atoms with Crippen molar-refractivity contribution in [3.63, 3.8) is 0 Å². The van der Waals surface area contributed by atoms with Crippen LogP contribution in [0.5, 0.6) is 0 Å². The Morgan fingerprint density at radius 3 is 2.55 bits per heavy atom. The highest BCUT2D eigenvalue weighted by atomic mass is 32.1. The molecule has 0 radical (unpaired) electrons. The van der Waals surface area contributed by atoms with E-state index < -0.39 is 29.3 Å². The number of halogens is 1. The van der Waals surface area contributed by atoms with Gasteiger partial charge < -0.3 is 10.0 Å². The van der Waals surface area contributed by atoms with Gasteiger partial charge in [-0.3, -0.25) is 9.59 Å². The number of hydrogen-bond donors (Lipinski definition) is 1. The fraction of sp³-hybridized carbons (Fsp3) is 0.190. The van der Waals surface area contributed by atoms with Gasteiger partial charge in [0.15, 0.2) is 5.76 Å². The monoisotopic (exact) mass is 428 g/mol. The maximum absolute atomic E-state index is 13.5. The third kappa shape index (κ3) is 3.49. The molecule has 1 atom stereocenters. The largest absolute Gasteiger partial charge is 0.503 e. The molecule has 0 saturated heterocycles. The van der Waals surface area contributed by atoms with E-state index in [1.807, 2.05) is 17.5 Å². The number of aliphatic hydroxyl groups excluding tert-OH is 1. The van der Waals surface area contributed by atoms with Crippen molar-refractivity contribution >= 4 is 34.4 Å². The van der Waals surface area contributed by atoms with Gasteiger partial charge in [0.1, 0.15) is 5.82 Å². The van der Waals surface area contributed by atoms with E-state index in [0.29, 0.717) is 16.1 Å². The Balaban J connectivity index is 1.82. The lowest BCUT2D eigenvalue weighted by Gasteiger charge is -2.26. The molecule has 3 heterocycles. The number of hydrogen-bond acceptors (Lipinski definition) is 6. The minimum atomic E-state index is -0.806. The highest BCUT2D eigenvalue weighted by Gasteiger charge is 2.44. The lowest BCUT2D eigenvalue weighted by atomic mass is 9.95. The van der Waals surface area contributed by atoms with Gasteiger partial charge in [0, 0.05) is 4.88 Å². The Labute approximate surface area is 174 Å². The molecule has 5 nitrogen and oxygen atoms in total. The minimum Gasteiger partial charge on any atom is -0.503 e. The van der Waals surface area contributed by atoms with Crippen molar-refractivity contribution in [3.8, 4) is 0 Å². The molecule has 0 saturated carbocycles. The van der Waals surface area contributed by atoms with E-state index in [1.54, 1.807) is 13.8 Å². The quantitative estimate of drug-likeness (QED) is 0.596. The van der Waals surface area contributed by atoms with Crippen LogP contribution in [0.25, 0.3) is 0 Å². The van der Waals surface area contributed by atoms with Crippen LogP contribution in [-0.4, -0.2) is 26.7 Å². The van der Waals surface area contributed by atoms with Crippen LogP contribution in [0, 0.1) is 19.7 Å². The molecule has 0 fully saturated rings. The summed E-state index contributed by atoms with van der Waals surface area (Å²) in [5.41, 5.74) is 1.12. The maximum Gasteiger partial charge on any atom is 0.290 e. The molecule has 1 aliphatic heterocycles. The van der Waals surface area contributed by atoms with Gasteiger partial charge in [0.25, 0.3) is 5.91 Å². The lowest BCUT2D eigenvalue weighted by Crippen LogP contribution is -2.30. The van der Waals surface area contributed by atoms with Gasteiger partial charge in [0.2, 0.25) is 5.78 Å². The average molecular weight is 429 g/mol. The first kappa shape index (κ1) is 19.5. The van der Waals surface area contributed by atoms with E-state index in [9.17, 15) is 19.1 Å². The number of Topliss-reactive ketones (excluding diaryl/α,β-unsaturated/α-hetero) is 1. The second kappa shape index (κ2) is 7.53. The molecular formula is C21H17FN2O3S2. The number of aryl methyl sites for hydroxylation is 2. The molecule has 1 aromatic carbocycles. The van der Waals surface area contributed by atoms with Crippen molar-refractivity contribution in [2.75, 3.05) is 0 Å². The molecule has 1 unspecified atom stereocenters. The van der Waals surface area contributed by atoms with Gasteiger partial charge in [-0.05, 0) is 43.0 Å². The first-order valence-electron chi connectivity index (χ1n) is 8.87. The summed E-state index contributed by atoms with van der Waals surface area (Å²) in [4.78, 5) is 33.3. The normalized spacial score (nSPS) is 16.7. The fourth-order valence-corrected chi connectivity index (χ4v) is 5.05. The van der Waals surface area contributed by atoms with Crippen molar-refractivity contribution in [2.45, 2.75) is 26.4 Å². The van der Waals surface area contributed by atoms with Crippen molar-refractivity contribution in [2.24, 2.45) is 0 Å². The molecule has 2 aromatic heterocycles. The molecule has 0 spiro atoms. The second-order valence-electron chi connectivity index (χ2n) is 6.71. The van der Waals surface area contributed by atoms with Gasteiger partial charge in [-0.1, -0.05) is 18.2 Å². The van der Waals surface area contributed by atoms with Gasteiger partial charge in [-0.2, -0.15) is 0 Å². The molecular weight excluding hydrogens is 411 g/mol. The van der Waals surface area contributed by atoms with Crippen LogP contribution < -0.4 is 0 Å². The highest BCUT2D eigenvalue weighted by molar-refractivity contribution is 7.14. The summed E-state index contributed by atoms with van der Waals surface area (Å²) in [6, 6.07) is 8.57. The number of aliphatic hydroxyl groups is 1. The lowest BCUT2D eigenvalue weighted by molar-refractivity contribution is -0.130. The number of carbonyl (C=O) groups excluding carboxylic acids is 2. The maximum atomic E-state index is 13.5. The molecule has 29 heavy (non-hydrogen) atoms. The third-order valence-corrected chi connectivity index (χ3v) is 6.68. The summed E-state index contributed by atoms with van der Waals surface area (Å²) < 4.78 is 13.5. The number of rotatable bonds is 5. The number of carbonyl (C=O) groups is 2. The van der Waals surface area contributed by atoms with E-state index in [-0.39, 0.29) is 12.1 Å². The van der Waals surface area contributed by atoms with Crippen LogP contribution in [0.1, 0.15) is 36.9 Å². The van der Waals surface area contributed by atoms with Crippen molar-refractivity contribution < 1.29 is 19.1 Å². The third-order valence-electron chi connectivity index (χ3n) is 4.75. The van der Waals surface area contributed by atoms with Gasteiger partial charge in [-0.25, -0.2) is 9.37 Å². The minimum absolute atomic E-state index is 0.00455. The predicted molar refractivity (Wildman–Crippen MR) is 110 cm³/mol. The molecule has 8 heteroatoms. The van der Waals surface area contributed by atoms with Crippen molar-refractivity contribution in [1.82, 2.24) is 9.88 Å². The number of thiazole rings is 1. The van der Waals surface area contributed by atoms with Crippen molar-refractivity contribution in [3.05, 3.63) is 84.9 Å². The SMILES string of the molecule is Cc1nc(C)c(C(=O)C2=C(O)C(=O)N(Cc3cccs3)C2c2ccc(F)cc2)s1. The number of benzene rings is 1. The number of aromatic nitrogens is 1. The Morgan fingerprint density at radius 2 is 1.97 bits per heavy atom. The Kier molecular flexibility index (Phi) is 5.06. The topological polar surface area (TPSA) is 70.5 Å².